The van der Waals surface area contributed by atoms with Crippen molar-refractivity contribution >= 4 is 5.78 Å². The van der Waals surface area contributed by atoms with E-state index >= 15 is 0 Å². The highest BCUT2D eigenvalue weighted by Gasteiger charge is 2.24. The Bertz CT molecular complexity index is 413. The maximum Gasteiger partial charge on any atom is 0.161 e. The summed E-state index contributed by atoms with van der Waals surface area (Å²) >= 11 is 0. The lowest BCUT2D eigenvalue weighted by atomic mass is 9.78. The Morgan fingerprint density at radius 1 is 1.24 bits per heavy atom. The monoisotopic (exact) mass is 233 g/mol. The zero-order chi connectivity index (χ0) is 13.3. The third-order valence-corrected chi connectivity index (χ3v) is 3.35. The molecule has 0 aromatic rings. The fourth-order valence-corrected chi connectivity index (χ4v) is 1.91. The van der Waals surface area contributed by atoms with Gasteiger partial charge in [-0.15, -0.1) is 0 Å². The quantitative estimate of drug-likeness (QED) is 0.743. The van der Waals surface area contributed by atoms with Gasteiger partial charge in [-0.2, -0.15) is 0 Å². The standard InChI is InChI=1S/C15H23NO/c1-6-15(5)8-7-14(3,4)9-12(11(2)17)13(16)10-15/h7-10H,6,16H2,1-5H3/b8-7-,12-9-,13-10+. The number of nitrogens with two attached hydrogens (primary N) is 1. The minimum absolute atomic E-state index is 0.0283. The van der Waals surface area contributed by atoms with Crippen LogP contribution in [0.2, 0.25) is 0 Å². The van der Waals surface area contributed by atoms with Gasteiger partial charge in [-0.1, -0.05) is 52.0 Å². The van der Waals surface area contributed by atoms with Gasteiger partial charge >= 0.3 is 0 Å². The van der Waals surface area contributed by atoms with Crippen LogP contribution in [-0.4, -0.2) is 5.78 Å². The second kappa shape index (κ2) is 4.52. The van der Waals surface area contributed by atoms with Crippen LogP contribution in [0.4, 0.5) is 0 Å². The molecule has 0 spiro atoms. The first-order valence-corrected chi connectivity index (χ1v) is 6.12. The SMILES string of the molecule is CCC1(C)/C=C\C(C)(C)/C=C(C(C)=O)\C(N)=C/1. The van der Waals surface area contributed by atoms with Gasteiger partial charge in [0.1, 0.15) is 0 Å². The van der Waals surface area contributed by atoms with Crippen molar-refractivity contribution in [2.75, 3.05) is 0 Å². The Hall–Kier alpha value is -1.31. The number of rotatable bonds is 2. The fourth-order valence-electron chi connectivity index (χ4n) is 1.91. The van der Waals surface area contributed by atoms with E-state index in [-0.39, 0.29) is 16.6 Å². The van der Waals surface area contributed by atoms with Crippen molar-refractivity contribution in [2.45, 2.75) is 41.0 Å². The smallest absolute Gasteiger partial charge is 0.161 e. The first-order chi connectivity index (χ1) is 7.69. The van der Waals surface area contributed by atoms with Crippen LogP contribution >= 0.6 is 0 Å². The van der Waals surface area contributed by atoms with Crippen LogP contribution in [-0.2, 0) is 4.79 Å². The molecule has 0 saturated carbocycles. The Kier molecular flexibility index (Phi) is 3.65. The van der Waals surface area contributed by atoms with Crippen molar-refractivity contribution in [3.8, 4) is 0 Å². The molecule has 2 N–H and O–H groups in total. The summed E-state index contributed by atoms with van der Waals surface area (Å²) in [5.41, 5.74) is 7.08. The predicted octanol–water partition coefficient (Wildman–Crippen LogP) is 3.36. The molecule has 0 aromatic heterocycles. The molecular weight excluding hydrogens is 210 g/mol. The summed E-state index contributed by atoms with van der Waals surface area (Å²) in [6, 6.07) is 0. The Labute approximate surface area is 104 Å². The second-order valence-corrected chi connectivity index (χ2v) is 5.73. The van der Waals surface area contributed by atoms with Crippen molar-refractivity contribution in [1.29, 1.82) is 0 Å². The highest BCUT2D eigenvalue weighted by Crippen LogP contribution is 2.34. The molecule has 0 heterocycles. The first-order valence-electron chi connectivity index (χ1n) is 6.12. The van der Waals surface area contributed by atoms with Crippen molar-refractivity contribution < 1.29 is 4.79 Å². The summed E-state index contributed by atoms with van der Waals surface area (Å²) in [6.07, 6.45) is 9.25. The number of ketones is 1. The minimum Gasteiger partial charge on any atom is -0.398 e. The van der Waals surface area contributed by atoms with E-state index in [2.05, 4.69) is 39.8 Å². The number of allylic oxidation sites excluding steroid dienone is 5. The van der Waals surface area contributed by atoms with E-state index in [9.17, 15) is 4.79 Å². The van der Waals surface area contributed by atoms with Gasteiger partial charge in [0.2, 0.25) is 0 Å². The molecular formula is C15H23NO. The van der Waals surface area contributed by atoms with E-state index in [0.717, 1.165) is 6.42 Å². The molecule has 17 heavy (non-hydrogen) atoms. The van der Waals surface area contributed by atoms with Gasteiger partial charge in [0.05, 0.1) is 0 Å². The lowest BCUT2D eigenvalue weighted by Crippen LogP contribution is -2.20. The van der Waals surface area contributed by atoms with Gasteiger partial charge in [0, 0.05) is 22.1 Å². The van der Waals surface area contributed by atoms with E-state index in [1.807, 2.05) is 12.2 Å². The van der Waals surface area contributed by atoms with Crippen LogP contribution in [0.1, 0.15) is 41.0 Å². The molecule has 0 radical (unpaired) electrons. The van der Waals surface area contributed by atoms with Crippen molar-refractivity contribution in [1.82, 2.24) is 0 Å². The lowest BCUT2D eigenvalue weighted by molar-refractivity contribution is -0.113. The topological polar surface area (TPSA) is 43.1 Å². The van der Waals surface area contributed by atoms with E-state index < -0.39 is 0 Å². The summed E-state index contributed by atoms with van der Waals surface area (Å²) in [7, 11) is 0. The molecule has 0 aromatic carbocycles. The largest absolute Gasteiger partial charge is 0.398 e. The third kappa shape index (κ3) is 3.32. The van der Waals surface area contributed by atoms with Gasteiger partial charge < -0.3 is 5.73 Å². The fraction of sp³-hybridized carbons (Fsp3) is 0.533. The van der Waals surface area contributed by atoms with Crippen molar-refractivity contribution in [3.63, 3.8) is 0 Å². The van der Waals surface area contributed by atoms with Crippen LogP contribution in [0.5, 0.6) is 0 Å². The zero-order valence-corrected chi connectivity index (χ0v) is 11.5. The Morgan fingerprint density at radius 3 is 2.29 bits per heavy atom. The molecule has 0 fully saturated rings. The maximum atomic E-state index is 11.6. The van der Waals surface area contributed by atoms with Crippen LogP contribution < -0.4 is 5.73 Å². The van der Waals surface area contributed by atoms with Crippen LogP contribution in [0.25, 0.3) is 0 Å². The second-order valence-electron chi connectivity index (χ2n) is 5.73. The van der Waals surface area contributed by atoms with E-state index in [1.165, 1.54) is 0 Å². The predicted molar refractivity (Wildman–Crippen MR) is 72.4 cm³/mol. The van der Waals surface area contributed by atoms with E-state index in [4.69, 9.17) is 5.73 Å². The zero-order valence-electron chi connectivity index (χ0n) is 11.5. The average Bonchev–Trinajstić information content (AvgIpc) is 2.22. The molecule has 0 amide bonds. The molecule has 0 bridgehead atoms. The highest BCUT2D eigenvalue weighted by molar-refractivity contribution is 5.97. The highest BCUT2D eigenvalue weighted by atomic mass is 16.1. The molecule has 2 heteroatoms. The van der Waals surface area contributed by atoms with Crippen LogP contribution in [0.15, 0.2) is 35.6 Å². The number of carbonyl (C=O) groups excluding carboxylic acids is 1. The molecule has 1 unspecified atom stereocenters. The first kappa shape index (κ1) is 13.8. The molecule has 1 rings (SSSR count). The van der Waals surface area contributed by atoms with Crippen molar-refractivity contribution in [3.05, 3.63) is 35.6 Å². The summed E-state index contributed by atoms with van der Waals surface area (Å²) in [6.45, 7) is 9.99. The van der Waals surface area contributed by atoms with Gasteiger partial charge in [-0.25, -0.2) is 0 Å². The Morgan fingerprint density at radius 2 is 1.82 bits per heavy atom. The molecule has 1 aliphatic carbocycles. The number of Topliss-reactive ketones (excluding diaryl/α,β-unsaturated/α-hetero) is 1. The number of carbonyl (C=O) groups is 1. The number of hydrogen-bond acceptors (Lipinski definition) is 2. The van der Waals surface area contributed by atoms with Crippen LogP contribution in [0.3, 0.4) is 0 Å². The third-order valence-electron chi connectivity index (χ3n) is 3.35. The summed E-state index contributed by atoms with van der Waals surface area (Å²) < 4.78 is 0. The van der Waals surface area contributed by atoms with E-state index in [0.29, 0.717) is 11.3 Å². The van der Waals surface area contributed by atoms with Gasteiger partial charge in [0.15, 0.2) is 5.78 Å². The van der Waals surface area contributed by atoms with E-state index in [1.54, 1.807) is 6.92 Å². The Balaban J connectivity index is 3.39. The molecule has 0 aliphatic heterocycles. The molecule has 1 atom stereocenters. The molecule has 2 nitrogen and oxygen atoms in total. The van der Waals surface area contributed by atoms with Crippen molar-refractivity contribution in [2.24, 2.45) is 16.6 Å². The maximum absolute atomic E-state index is 11.6. The minimum atomic E-state index is -0.143. The average molecular weight is 233 g/mol. The summed E-state index contributed by atoms with van der Waals surface area (Å²) in [4.78, 5) is 11.6. The lowest BCUT2D eigenvalue weighted by Gasteiger charge is -2.27. The van der Waals surface area contributed by atoms with Gasteiger partial charge in [0.25, 0.3) is 0 Å². The molecule has 0 saturated heterocycles. The summed E-state index contributed by atoms with van der Waals surface area (Å²) in [5, 5.41) is 0. The van der Waals surface area contributed by atoms with Gasteiger partial charge in [-0.3, -0.25) is 4.79 Å². The molecule has 94 valence electrons. The summed E-state index contributed by atoms with van der Waals surface area (Å²) in [5.74, 6) is 0.0283. The number of hydrogen-bond donors (Lipinski definition) is 1. The normalized spacial score (nSPS) is 35.8. The molecule has 1 aliphatic rings. The van der Waals surface area contributed by atoms with Crippen LogP contribution in [0, 0.1) is 10.8 Å². The van der Waals surface area contributed by atoms with Gasteiger partial charge in [-0.05, 0) is 13.3 Å².